The zero-order valence-electron chi connectivity index (χ0n) is 16.6. The summed E-state index contributed by atoms with van der Waals surface area (Å²) in [6.07, 6.45) is 5.53. The van der Waals surface area contributed by atoms with Crippen molar-refractivity contribution in [2.24, 2.45) is 0 Å². The summed E-state index contributed by atoms with van der Waals surface area (Å²) >= 11 is 0. The molecule has 8 nitrogen and oxygen atoms in total. The molecule has 0 N–H and O–H groups in total. The Morgan fingerprint density at radius 1 is 0.964 bits per heavy atom. The normalized spacial score (nSPS) is 16.9. The topological polar surface area (TPSA) is 75.9 Å². The number of aromatic nitrogens is 6. The Balaban J connectivity index is 1.58. The summed E-state index contributed by atoms with van der Waals surface area (Å²) in [7, 11) is 0. The van der Waals surface area contributed by atoms with Crippen LogP contribution in [-0.4, -0.2) is 61.3 Å². The van der Waals surface area contributed by atoms with Crippen LogP contribution < -0.4 is 4.90 Å². The zero-order chi connectivity index (χ0) is 19.6. The summed E-state index contributed by atoms with van der Waals surface area (Å²) < 4.78 is 0. The standard InChI is InChI=1S/C20H26N8/c1-20(2,3)28-24-19(23-25-28)18(16-7-6-9-21-15-16)27-13-11-26(12-14-27)17-8-4-5-10-22-17/h4-10,15,18H,11-14H2,1-3H3/t18-/m0/s1. The highest BCUT2D eigenvalue weighted by Gasteiger charge is 2.31. The predicted molar refractivity (Wildman–Crippen MR) is 107 cm³/mol. The monoisotopic (exact) mass is 378 g/mol. The van der Waals surface area contributed by atoms with Gasteiger partial charge in [0.15, 0.2) is 5.82 Å². The third-order valence-electron chi connectivity index (χ3n) is 4.93. The van der Waals surface area contributed by atoms with Crippen LogP contribution in [-0.2, 0) is 5.54 Å². The van der Waals surface area contributed by atoms with Crippen molar-refractivity contribution < 1.29 is 0 Å². The van der Waals surface area contributed by atoms with E-state index in [1.165, 1.54) is 0 Å². The molecule has 1 saturated heterocycles. The maximum atomic E-state index is 4.71. The lowest BCUT2D eigenvalue weighted by Crippen LogP contribution is -2.48. The second kappa shape index (κ2) is 7.63. The van der Waals surface area contributed by atoms with Gasteiger partial charge in [-0.15, -0.1) is 10.2 Å². The third kappa shape index (κ3) is 3.87. The van der Waals surface area contributed by atoms with E-state index in [-0.39, 0.29) is 11.6 Å². The van der Waals surface area contributed by atoms with Crippen molar-refractivity contribution in [3.8, 4) is 0 Å². The molecule has 1 atom stereocenters. The molecule has 3 aromatic rings. The molecule has 0 saturated carbocycles. The average Bonchev–Trinajstić information content (AvgIpc) is 3.21. The minimum atomic E-state index is -0.206. The van der Waals surface area contributed by atoms with Gasteiger partial charge in [-0.2, -0.15) is 4.80 Å². The molecule has 0 amide bonds. The Kier molecular flexibility index (Phi) is 5.04. The smallest absolute Gasteiger partial charge is 0.196 e. The predicted octanol–water partition coefficient (Wildman–Crippen LogP) is 2.13. The molecule has 4 heterocycles. The van der Waals surface area contributed by atoms with Gasteiger partial charge in [-0.1, -0.05) is 12.1 Å². The summed E-state index contributed by atoms with van der Waals surface area (Å²) in [5, 5.41) is 13.4. The van der Waals surface area contributed by atoms with E-state index < -0.39 is 0 Å². The van der Waals surface area contributed by atoms with Crippen molar-refractivity contribution >= 4 is 5.82 Å². The van der Waals surface area contributed by atoms with Gasteiger partial charge >= 0.3 is 0 Å². The molecule has 1 aliphatic heterocycles. The lowest BCUT2D eigenvalue weighted by atomic mass is 10.1. The van der Waals surface area contributed by atoms with E-state index in [9.17, 15) is 0 Å². The van der Waals surface area contributed by atoms with Gasteiger partial charge in [0, 0.05) is 44.8 Å². The summed E-state index contributed by atoms with van der Waals surface area (Å²) in [4.78, 5) is 15.2. The highest BCUT2D eigenvalue weighted by Crippen LogP contribution is 2.27. The lowest BCUT2D eigenvalue weighted by Gasteiger charge is -2.38. The van der Waals surface area contributed by atoms with Crippen LogP contribution >= 0.6 is 0 Å². The van der Waals surface area contributed by atoms with E-state index in [2.05, 4.69) is 63.0 Å². The van der Waals surface area contributed by atoms with Crippen LogP contribution in [0.15, 0.2) is 48.9 Å². The van der Waals surface area contributed by atoms with Gasteiger partial charge in [-0.05, 0) is 49.7 Å². The van der Waals surface area contributed by atoms with E-state index >= 15 is 0 Å². The molecule has 0 radical (unpaired) electrons. The van der Waals surface area contributed by atoms with Crippen LogP contribution in [0.3, 0.4) is 0 Å². The van der Waals surface area contributed by atoms with Crippen LogP contribution in [0.1, 0.15) is 38.2 Å². The number of nitrogens with zero attached hydrogens (tertiary/aromatic N) is 8. The first kappa shape index (κ1) is 18.5. The van der Waals surface area contributed by atoms with Gasteiger partial charge in [-0.3, -0.25) is 9.88 Å². The molecule has 1 fully saturated rings. The molecule has 1 aliphatic rings. The fourth-order valence-corrected chi connectivity index (χ4v) is 3.43. The van der Waals surface area contributed by atoms with Gasteiger partial charge in [0.2, 0.25) is 0 Å². The number of pyridine rings is 2. The first-order chi connectivity index (χ1) is 13.5. The molecule has 28 heavy (non-hydrogen) atoms. The zero-order valence-corrected chi connectivity index (χ0v) is 16.6. The van der Waals surface area contributed by atoms with E-state index in [1.54, 1.807) is 11.0 Å². The molecular formula is C20H26N8. The number of tetrazole rings is 1. The second-order valence-electron chi connectivity index (χ2n) is 8.01. The lowest BCUT2D eigenvalue weighted by molar-refractivity contribution is 0.203. The third-order valence-corrected chi connectivity index (χ3v) is 4.93. The summed E-state index contributed by atoms with van der Waals surface area (Å²) in [5.74, 6) is 1.74. The second-order valence-corrected chi connectivity index (χ2v) is 8.01. The van der Waals surface area contributed by atoms with Crippen molar-refractivity contribution in [2.45, 2.75) is 32.4 Å². The molecule has 0 aromatic carbocycles. The van der Waals surface area contributed by atoms with Crippen LogP contribution in [0, 0.1) is 0 Å². The van der Waals surface area contributed by atoms with Gasteiger partial charge in [0.1, 0.15) is 11.9 Å². The molecule has 3 aromatic heterocycles. The number of piperazine rings is 1. The minimum absolute atomic E-state index is 0.0596. The molecular weight excluding hydrogens is 352 g/mol. The Hall–Kier alpha value is -2.87. The summed E-state index contributed by atoms with van der Waals surface area (Å²) in [6.45, 7) is 9.80. The molecule has 0 spiro atoms. The van der Waals surface area contributed by atoms with Gasteiger partial charge in [0.25, 0.3) is 0 Å². The van der Waals surface area contributed by atoms with Crippen molar-refractivity contribution in [1.82, 2.24) is 35.1 Å². The Labute approximate surface area is 165 Å². The Morgan fingerprint density at radius 2 is 1.79 bits per heavy atom. The molecule has 0 unspecified atom stereocenters. The highest BCUT2D eigenvalue weighted by atomic mass is 15.6. The van der Waals surface area contributed by atoms with Crippen molar-refractivity contribution in [3.05, 3.63) is 60.3 Å². The van der Waals surface area contributed by atoms with Crippen LogP contribution in [0.4, 0.5) is 5.82 Å². The van der Waals surface area contributed by atoms with Gasteiger partial charge in [-0.25, -0.2) is 4.98 Å². The van der Waals surface area contributed by atoms with E-state index in [4.69, 9.17) is 5.10 Å². The van der Waals surface area contributed by atoms with Crippen molar-refractivity contribution in [2.75, 3.05) is 31.1 Å². The van der Waals surface area contributed by atoms with Gasteiger partial charge in [0.05, 0.1) is 5.54 Å². The molecule has 146 valence electrons. The van der Waals surface area contributed by atoms with E-state index in [0.717, 1.165) is 37.6 Å². The number of rotatable bonds is 4. The fraction of sp³-hybridized carbons (Fsp3) is 0.450. The van der Waals surface area contributed by atoms with E-state index in [0.29, 0.717) is 5.82 Å². The SMILES string of the molecule is CC(C)(C)n1nnc([C@H](c2cccnc2)N2CCN(c3ccccn3)CC2)n1. The first-order valence-corrected chi connectivity index (χ1v) is 9.63. The molecule has 0 aliphatic carbocycles. The Morgan fingerprint density at radius 3 is 2.39 bits per heavy atom. The minimum Gasteiger partial charge on any atom is -0.354 e. The van der Waals surface area contributed by atoms with Crippen molar-refractivity contribution in [3.63, 3.8) is 0 Å². The fourth-order valence-electron chi connectivity index (χ4n) is 3.43. The number of anilines is 1. The van der Waals surface area contributed by atoms with Crippen molar-refractivity contribution in [1.29, 1.82) is 0 Å². The van der Waals surface area contributed by atoms with Crippen LogP contribution in [0.5, 0.6) is 0 Å². The molecule has 4 rings (SSSR count). The average molecular weight is 378 g/mol. The Bertz CT molecular complexity index is 879. The largest absolute Gasteiger partial charge is 0.354 e. The number of hydrogen-bond donors (Lipinski definition) is 0. The molecule has 8 heteroatoms. The maximum absolute atomic E-state index is 4.71. The van der Waals surface area contributed by atoms with Gasteiger partial charge < -0.3 is 4.90 Å². The summed E-state index contributed by atoms with van der Waals surface area (Å²) in [6, 6.07) is 10.0. The summed E-state index contributed by atoms with van der Waals surface area (Å²) in [5.41, 5.74) is 0.879. The highest BCUT2D eigenvalue weighted by molar-refractivity contribution is 5.38. The van der Waals surface area contributed by atoms with Crippen LogP contribution in [0.25, 0.3) is 0 Å². The number of hydrogen-bond acceptors (Lipinski definition) is 7. The maximum Gasteiger partial charge on any atom is 0.196 e. The first-order valence-electron chi connectivity index (χ1n) is 9.63. The van der Waals surface area contributed by atoms with Crippen LogP contribution in [0.2, 0.25) is 0 Å². The quantitative estimate of drug-likeness (QED) is 0.688. The molecule has 0 bridgehead atoms. The van der Waals surface area contributed by atoms with E-state index in [1.807, 2.05) is 30.6 Å².